The van der Waals surface area contributed by atoms with Crippen molar-refractivity contribution in [1.29, 1.82) is 0 Å². The second-order valence-corrected chi connectivity index (χ2v) is 8.66. The summed E-state index contributed by atoms with van der Waals surface area (Å²) in [6.45, 7) is 10.0. The van der Waals surface area contributed by atoms with E-state index in [9.17, 15) is 9.59 Å². The second-order valence-electron chi connectivity index (χ2n) is 8.66. The summed E-state index contributed by atoms with van der Waals surface area (Å²) in [6, 6.07) is 12.1. The Labute approximate surface area is 183 Å². The van der Waals surface area contributed by atoms with Crippen LogP contribution < -0.4 is 5.32 Å². The maximum atomic E-state index is 12.2. The smallest absolute Gasteiger partial charge is 0.310 e. The molecule has 0 aliphatic carbocycles. The third kappa shape index (κ3) is 5.97. The average Bonchev–Trinajstić information content (AvgIpc) is 3.08. The van der Waals surface area contributed by atoms with E-state index >= 15 is 0 Å². The van der Waals surface area contributed by atoms with Gasteiger partial charge in [0.25, 0.3) is 5.91 Å². The number of furan rings is 1. The lowest BCUT2D eigenvalue weighted by atomic mass is 10.00. The van der Waals surface area contributed by atoms with Crippen molar-refractivity contribution in [3.63, 3.8) is 0 Å². The second kappa shape index (κ2) is 9.82. The van der Waals surface area contributed by atoms with Crippen LogP contribution in [0.15, 0.2) is 47.1 Å². The average molecular weight is 422 g/mol. The number of esters is 1. The fourth-order valence-corrected chi connectivity index (χ4v) is 3.61. The Hall–Kier alpha value is -3.08. The van der Waals surface area contributed by atoms with Gasteiger partial charge in [-0.2, -0.15) is 0 Å². The zero-order valence-electron chi connectivity index (χ0n) is 19.0. The number of fused-ring (bicyclic) bond motifs is 1. The minimum Gasteiger partial charge on any atom is -0.464 e. The van der Waals surface area contributed by atoms with E-state index in [0.717, 1.165) is 39.6 Å². The van der Waals surface area contributed by atoms with Gasteiger partial charge in [0.1, 0.15) is 5.58 Å². The van der Waals surface area contributed by atoms with Crippen molar-refractivity contribution >= 4 is 22.8 Å². The van der Waals surface area contributed by atoms with E-state index in [0.29, 0.717) is 5.92 Å². The van der Waals surface area contributed by atoms with Gasteiger partial charge in [-0.15, -0.1) is 0 Å². The Morgan fingerprint density at radius 2 is 1.71 bits per heavy atom. The quantitative estimate of drug-likeness (QED) is 0.507. The lowest BCUT2D eigenvalue weighted by Gasteiger charge is -2.15. The highest BCUT2D eigenvalue weighted by Gasteiger charge is 2.15. The molecule has 0 saturated heterocycles. The molecule has 164 valence electrons. The molecule has 0 aliphatic rings. The number of rotatable bonds is 8. The van der Waals surface area contributed by atoms with Gasteiger partial charge in [-0.05, 0) is 67.5 Å². The first-order chi connectivity index (χ1) is 14.7. The summed E-state index contributed by atoms with van der Waals surface area (Å²) in [5.74, 6) is -0.178. The van der Waals surface area contributed by atoms with Crippen molar-refractivity contribution in [3.8, 4) is 0 Å². The van der Waals surface area contributed by atoms with Gasteiger partial charge in [0.05, 0.1) is 18.7 Å². The van der Waals surface area contributed by atoms with Crippen LogP contribution in [0.5, 0.6) is 0 Å². The summed E-state index contributed by atoms with van der Waals surface area (Å²) in [5, 5.41) is 3.78. The zero-order chi connectivity index (χ0) is 22.5. The fourth-order valence-electron chi connectivity index (χ4n) is 3.61. The highest BCUT2D eigenvalue weighted by molar-refractivity contribution is 5.87. The molecule has 1 N–H and O–H groups in total. The molecule has 1 heterocycles. The number of hydrogen-bond acceptors (Lipinski definition) is 4. The molecule has 1 amide bonds. The van der Waals surface area contributed by atoms with E-state index in [2.05, 4.69) is 31.3 Å². The van der Waals surface area contributed by atoms with Gasteiger partial charge >= 0.3 is 5.97 Å². The summed E-state index contributed by atoms with van der Waals surface area (Å²) in [5.41, 5.74) is 6.08. The number of amides is 1. The summed E-state index contributed by atoms with van der Waals surface area (Å²) >= 11 is 0. The standard InChI is InChI=1S/C26H31NO4/c1-16(2)10-20-6-8-21(9-7-20)19(5)27-25(28)15-31-26(29)13-22-14-30-24-12-18(4)17(3)11-23(22)24/h6-9,11-12,14,16,19H,10,13,15H2,1-5H3,(H,27,28)/t19-/m0/s1. The third-order valence-electron chi connectivity index (χ3n) is 5.47. The number of benzene rings is 2. The first-order valence-corrected chi connectivity index (χ1v) is 10.7. The van der Waals surface area contributed by atoms with Crippen LogP contribution in [0.25, 0.3) is 11.0 Å². The molecule has 1 atom stereocenters. The monoisotopic (exact) mass is 421 g/mol. The summed E-state index contributed by atoms with van der Waals surface area (Å²) in [7, 11) is 0. The van der Waals surface area contributed by atoms with Crippen molar-refractivity contribution in [3.05, 3.63) is 70.5 Å². The van der Waals surface area contributed by atoms with Gasteiger partial charge in [0.2, 0.25) is 0 Å². The molecule has 0 unspecified atom stereocenters. The number of carbonyl (C=O) groups excluding carboxylic acids is 2. The minimum absolute atomic E-state index is 0.0651. The zero-order valence-corrected chi connectivity index (χ0v) is 19.0. The van der Waals surface area contributed by atoms with Gasteiger partial charge in [-0.1, -0.05) is 38.1 Å². The lowest BCUT2D eigenvalue weighted by Crippen LogP contribution is -2.31. The molecule has 3 aromatic rings. The molecule has 0 saturated carbocycles. The summed E-state index contributed by atoms with van der Waals surface area (Å²) in [4.78, 5) is 24.5. The van der Waals surface area contributed by atoms with Crippen molar-refractivity contribution < 1.29 is 18.7 Å². The normalized spacial score (nSPS) is 12.2. The number of nitrogens with one attached hydrogen (secondary N) is 1. The molecule has 1 aromatic heterocycles. The maximum absolute atomic E-state index is 12.2. The van der Waals surface area contributed by atoms with E-state index < -0.39 is 5.97 Å². The molecule has 5 heteroatoms. The molecular weight excluding hydrogens is 390 g/mol. The molecule has 3 rings (SSSR count). The van der Waals surface area contributed by atoms with Gasteiger partial charge in [-0.3, -0.25) is 9.59 Å². The first kappa shape index (κ1) is 22.6. The van der Waals surface area contributed by atoms with Crippen molar-refractivity contribution in [2.45, 2.75) is 53.5 Å². The van der Waals surface area contributed by atoms with Crippen LogP contribution in [0.4, 0.5) is 0 Å². The Balaban J connectivity index is 1.50. The SMILES string of the molecule is Cc1cc2occ(CC(=O)OCC(=O)N[C@@H](C)c3ccc(CC(C)C)cc3)c2cc1C. The van der Waals surface area contributed by atoms with E-state index in [1.165, 1.54) is 5.56 Å². The highest BCUT2D eigenvalue weighted by atomic mass is 16.5. The Kier molecular flexibility index (Phi) is 7.16. The first-order valence-electron chi connectivity index (χ1n) is 10.7. The molecule has 2 aromatic carbocycles. The minimum atomic E-state index is -0.457. The van der Waals surface area contributed by atoms with Crippen LogP contribution in [0.2, 0.25) is 0 Å². The predicted octanol–water partition coefficient (Wildman–Crippen LogP) is 5.21. The van der Waals surface area contributed by atoms with Crippen LogP contribution in [-0.2, 0) is 27.2 Å². The van der Waals surface area contributed by atoms with Gasteiger partial charge < -0.3 is 14.5 Å². The molecule has 31 heavy (non-hydrogen) atoms. The van der Waals surface area contributed by atoms with Crippen molar-refractivity contribution in [2.75, 3.05) is 6.61 Å². The van der Waals surface area contributed by atoms with E-state index in [1.54, 1.807) is 6.26 Å². The van der Waals surface area contributed by atoms with Gasteiger partial charge in [-0.25, -0.2) is 0 Å². The summed E-state index contributed by atoms with van der Waals surface area (Å²) in [6.07, 6.45) is 2.67. The van der Waals surface area contributed by atoms with E-state index in [1.807, 2.05) is 45.0 Å². The van der Waals surface area contributed by atoms with Crippen molar-refractivity contribution in [2.24, 2.45) is 5.92 Å². The third-order valence-corrected chi connectivity index (χ3v) is 5.47. The molecule has 0 aliphatic heterocycles. The molecule has 0 fully saturated rings. The van der Waals surface area contributed by atoms with Crippen LogP contribution in [0.3, 0.4) is 0 Å². The maximum Gasteiger partial charge on any atom is 0.310 e. The Morgan fingerprint density at radius 1 is 1.03 bits per heavy atom. The molecule has 5 nitrogen and oxygen atoms in total. The van der Waals surface area contributed by atoms with Crippen LogP contribution >= 0.6 is 0 Å². The van der Waals surface area contributed by atoms with Gasteiger partial charge in [0.15, 0.2) is 6.61 Å². The number of ether oxygens (including phenoxy) is 1. The van der Waals surface area contributed by atoms with E-state index in [-0.39, 0.29) is 25.0 Å². The van der Waals surface area contributed by atoms with Gasteiger partial charge in [0, 0.05) is 10.9 Å². The molecule has 0 bridgehead atoms. The molecule has 0 radical (unpaired) electrons. The van der Waals surface area contributed by atoms with E-state index in [4.69, 9.17) is 9.15 Å². The number of hydrogen-bond donors (Lipinski definition) is 1. The fraction of sp³-hybridized carbons (Fsp3) is 0.385. The van der Waals surface area contributed by atoms with Crippen LogP contribution in [0.1, 0.15) is 54.6 Å². The predicted molar refractivity (Wildman–Crippen MR) is 122 cm³/mol. The lowest BCUT2D eigenvalue weighted by molar-refractivity contribution is -0.148. The van der Waals surface area contributed by atoms with Crippen LogP contribution in [0, 0.1) is 19.8 Å². The number of aryl methyl sites for hydroxylation is 2. The number of carbonyl (C=O) groups is 2. The Bertz CT molecular complexity index is 1060. The Morgan fingerprint density at radius 3 is 2.39 bits per heavy atom. The van der Waals surface area contributed by atoms with Crippen LogP contribution in [-0.4, -0.2) is 18.5 Å². The summed E-state index contributed by atoms with van der Waals surface area (Å²) < 4.78 is 10.7. The topological polar surface area (TPSA) is 68.5 Å². The largest absolute Gasteiger partial charge is 0.464 e. The highest BCUT2D eigenvalue weighted by Crippen LogP contribution is 2.25. The van der Waals surface area contributed by atoms with Crippen molar-refractivity contribution in [1.82, 2.24) is 5.32 Å². The molecular formula is C26H31NO4. The molecule has 0 spiro atoms.